The van der Waals surface area contributed by atoms with E-state index in [2.05, 4.69) is 4.90 Å². The van der Waals surface area contributed by atoms with E-state index in [0.717, 1.165) is 11.4 Å². The van der Waals surface area contributed by atoms with Crippen LogP contribution in [0, 0.1) is 0 Å². The molecule has 0 aliphatic carbocycles. The van der Waals surface area contributed by atoms with Gasteiger partial charge in [0.15, 0.2) is 5.75 Å². The number of ether oxygens (including phenoxy) is 1. The fourth-order valence-electron chi connectivity index (χ4n) is 3.78. The van der Waals surface area contributed by atoms with Gasteiger partial charge >= 0.3 is 7.75 Å². The van der Waals surface area contributed by atoms with Crippen LogP contribution < -0.4 is 9.26 Å². The lowest BCUT2D eigenvalue weighted by Gasteiger charge is -2.37. The van der Waals surface area contributed by atoms with E-state index in [0.29, 0.717) is 54.1 Å². The van der Waals surface area contributed by atoms with E-state index in [1.54, 1.807) is 36.4 Å². The van der Waals surface area contributed by atoms with E-state index in [1.165, 1.54) is 4.67 Å². The number of para-hydroxylation sites is 2. The quantitative estimate of drug-likeness (QED) is 0.523. The van der Waals surface area contributed by atoms with Gasteiger partial charge in [-0.25, -0.2) is 9.56 Å². The Kier molecular flexibility index (Phi) is 5.66. The molecule has 0 radical (unpaired) electrons. The van der Waals surface area contributed by atoms with Crippen molar-refractivity contribution in [2.24, 2.45) is 4.99 Å². The number of aliphatic imine (C=N–C) groups is 1. The first kappa shape index (κ1) is 21.0. The summed E-state index contributed by atoms with van der Waals surface area (Å²) in [6.45, 7) is 1.72. The van der Waals surface area contributed by atoms with Gasteiger partial charge in [0, 0.05) is 31.2 Å². The predicted molar refractivity (Wildman–Crippen MR) is 124 cm³/mol. The highest BCUT2D eigenvalue weighted by atomic mass is 35.5. The number of hydrogen-bond donors (Lipinski definition) is 1. The van der Waals surface area contributed by atoms with Crippen molar-refractivity contribution in [1.29, 1.82) is 0 Å². The van der Waals surface area contributed by atoms with Gasteiger partial charge in [0.25, 0.3) is 0 Å². The fourth-order valence-corrected chi connectivity index (χ4v) is 5.14. The number of hydrogen-bond acceptors (Lipinski definition) is 5. The number of amidine groups is 1. The highest BCUT2D eigenvalue weighted by Gasteiger charge is 2.35. The van der Waals surface area contributed by atoms with Crippen LogP contribution in [0.5, 0.6) is 17.2 Å². The van der Waals surface area contributed by atoms with Gasteiger partial charge in [-0.15, -0.1) is 0 Å². The van der Waals surface area contributed by atoms with E-state index in [4.69, 9.17) is 25.9 Å². The Morgan fingerprint density at radius 3 is 2.44 bits per heavy atom. The predicted octanol–water partition coefficient (Wildman–Crippen LogP) is 5.32. The van der Waals surface area contributed by atoms with Crippen molar-refractivity contribution in [2.75, 3.05) is 26.2 Å². The second-order valence-corrected chi connectivity index (χ2v) is 9.65. The molecule has 0 bridgehead atoms. The minimum atomic E-state index is -3.97. The molecular formula is C23H21ClN3O4P. The van der Waals surface area contributed by atoms with Crippen LogP contribution in [0.2, 0.25) is 5.02 Å². The first-order valence-electron chi connectivity index (χ1n) is 10.2. The molecule has 1 fully saturated rings. The van der Waals surface area contributed by atoms with E-state index in [-0.39, 0.29) is 0 Å². The molecule has 1 saturated heterocycles. The minimum absolute atomic E-state index is 0.352. The van der Waals surface area contributed by atoms with Crippen LogP contribution in [0.1, 0.15) is 5.56 Å². The summed E-state index contributed by atoms with van der Waals surface area (Å²) in [7, 11) is -3.97. The number of piperazine rings is 1. The van der Waals surface area contributed by atoms with Gasteiger partial charge in [-0.05, 0) is 42.5 Å². The Balaban J connectivity index is 1.39. The molecular weight excluding hydrogens is 449 g/mol. The molecule has 2 aliphatic rings. The minimum Gasteiger partial charge on any atom is -0.454 e. The Labute approximate surface area is 191 Å². The lowest BCUT2D eigenvalue weighted by atomic mass is 10.1. The van der Waals surface area contributed by atoms with E-state index in [9.17, 15) is 9.46 Å². The van der Waals surface area contributed by atoms with Crippen molar-refractivity contribution in [3.05, 3.63) is 83.4 Å². The first-order chi connectivity index (χ1) is 15.5. The van der Waals surface area contributed by atoms with E-state index >= 15 is 0 Å². The standard InChI is InChI=1S/C23H21ClN3O4P/c24-17-10-11-22-20(16-17)25-23(19-8-4-5-9-21(19)30-22)26-12-14-27(15-13-26)32(28,29)31-18-6-2-1-3-7-18/h1-11,16H,12-15H2,(H,28,29). The number of halogens is 1. The Bertz CT molecular complexity index is 1210. The molecule has 0 saturated carbocycles. The molecule has 0 amide bonds. The summed E-state index contributed by atoms with van der Waals surface area (Å²) in [6.07, 6.45) is 0. The molecule has 0 spiro atoms. The smallest absolute Gasteiger partial charge is 0.454 e. The van der Waals surface area contributed by atoms with Crippen molar-refractivity contribution in [3.63, 3.8) is 0 Å². The van der Waals surface area contributed by atoms with Crippen molar-refractivity contribution in [2.45, 2.75) is 0 Å². The second-order valence-electron chi connectivity index (χ2n) is 7.48. The van der Waals surface area contributed by atoms with Crippen molar-refractivity contribution in [3.8, 4) is 17.2 Å². The Morgan fingerprint density at radius 1 is 0.938 bits per heavy atom. The average molecular weight is 470 g/mol. The summed E-state index contributed by atoms with van der Waals surface area (Å²) in [5, 5.41) is 0.575. The van der Waals surface area contributed by atoms with Crippen LogP contribution in [0.3, 0.4) is 0 Å². The van der Waals surface area contributed by atoms with Gasteiger partial charge in [-0.3, -0.25) is 0 Å². The van der Waals surface area contributed by atoms with Crippen molar-refractivity contribution >= 4 is 30.9 Å². The highest BCUT2D eigenvalue weighted by Crippen LogP contribution is 2.47. The lowest BCUT2D eigenvalue weighted by Crippen LogP contribution is -2.48. The summed E-state index contributed by atoms with van der Waals surface area (Å²) >= 11 is 6.19. The van der Waals surface area contributed by atoms with E-state index < -0.39 is 7.75 Å². The van der Waals surface area contributed by atoms with Crippen LogP contribution >= 0.6 is 19.3 Å². The zero-order valence-corrected chi connectivity index (χ0v) is 18.7. The Morgan fingerprint density at radius 2 is 1.66 bits per heavy atom. The topological polar surface area (TPSA) is 74.6 Å². The lowest BCUT2D eigenvalue weighted by molar-refractivity contribution is 0.214. The third kappa shape index (κ3) is 4.25. The molecule has 2 aliphatic heterocycles. The molecule has 164 valence electrons. The Hall–Kier alpha value is -2.83. The van der Waals surface area contributed by atoms with Crippen LogP contribution in [0.25, 0.3) is 0 Å². The molecule has 3 aromatic rings. The van der Waals surface area contributed by atoms with Crippen LogP contribution in [0.15, 0.2) is 77.8 Å². The van der Waals surface area contributed by atoms with Crippen molar-refractivity contribution < 1.29 is 18.7 Å². The van der Waals surface area contributed by atoms with Gasteiger partial charge < -0.3 is 19.1 Å². The molecule has 0 aromatic heterocycles. The number of fused-ring (bicyclic) bond motifs is 2. The maximum absolute atomic E-state index is 12.9. The molecule has 1 atom stereocenters. The molecule has 2 heterocycles. The summed E-state index contributed by atoms with van der Waals surface area (Å²) in [5.41, 5.74) is 1.51. The van der Waals surface area contributed by atoms with E-state index in [1.807, 2.05) is 36.4 Å². The zero-order chi connectivity index (χ0) is 22.1. The second kappa shape index (κ2) is 8.60. The molecule has 9 heteroatoms. The molecule has 5 rings (SSSR count). The fraction of sp³-hybridized carbons (Fsp3) is 0.174. The molecule has 3 aromatic carbocycles. The summed E-state index contributed by atoms with van der Waals surface area (Å²) in [6, 6.07) is 21.8. The van der Waals surface area contributed by atoms with Gasteiger partial charge in [0.1, 0.15) is 23.0 Å². The van der Waals surface area contributed by atoms with Gasteiger partial charge in [0.2, 0.25) is 0 Å². The number of nitrogens with zero attached hydrogens (tertiary/aromatic N) is 3. The van der Waals surface area contributed by atoms with Crippen molar-refractivity contribution in [1.82, 2.24) is 9.57 Å². The molecule has 32 heavy (non-hydrogen) atoms. The monoisotopic (exact) mass is 469 g/mol. The number of rotatable bonds is 3. The van der Waals surface area contributed by atoms with Gasteiger partial charge in [-0.1, -0.05) is 41.9 Å². The largest absolute Gasteiger partial charge is 0.458 e. The van der Waals surface area contributed by atoms with Crippen LogP contribution in [-0.4, -0.2) is 46.5 Å². The molecule has 7 nitrogen and oxygen atoms in total. The van der Waals surface area contributed by atoms with Crippen LogP contribution in [0.4, 0.5) is 5.69 Å². The zero-order valence-electron chi connectivity index (χ0n) is 17.1. The molecule has 1 N–H and O–H groups in total. The third-order valence-corrected chi connectivity index (χ3v) is 7.17. The maximum Gasteiger partial charge on any atom is 0.458 e. The van der Waals surface area contributed by atoms with Crippen LogP contribution in [-0.2, 0) is 4.57 Å². The number of benzene rings is 3. The SMILES string of the molecule is O=P(O)(Oc1ccccc1)N1CCN(C2=Nc3cc(Cl)ccc3Oc3ccccc32)CC1. The van der Waals surface area contributed by atoms with Gasteiger partial charge in [0.05, 0.1) is 5.56 Å². The normalized spacial score (nSPS) is 17.8. The summed E-state index contributed by atoms with van der Waals surface area (Å²) in [5.74, 6) is 2.45. The highest BCUT2D eigenvalue weighted by molar-refractivity contribution is 7.50. The summed E-state index contributed by atoms with van der Waals surface area (Å²) < 4.78 is 25.9. The molecule has 1 unspecified atom stereocenters. The third-order valence-electron chi connectivity index (χ3n) is 5.38. The maximum atomic E-state index is 12.9. The first-order valence-corrected chi connectivity index (χ1v) is 12.1. The van der Waals surface area contributed by atoms with Gasteiger partial charge in [-0.2, -0.15) is 4.67 Å². The summed E-state index contributed by atoms with van der Waals surface area (Å²) in [4.78, 5) is 17.5. The average Bonchev–Trinajstić information content (AvgIpc) is 2.96.